The van der Waals surface area contributed by atoms with Gasteiger partial charge in [-0.2, -0.15) is 18.3 Å². The van der Waals surface area contributed by atoms with Crippen molar-refractivity contribution >= 4 is 23.8 Å². The van der Waals surface area contributed by atoms with Gasteiger partial charge in [0, 0.05) is 6.54 Å². The van der Waals surface area contributed by atoms with Gasteiger partial charge in [-0.15, -0.1) is 0 Å². The lowest BCUT2D eigenvalue weighted by atomic mass is 9.82. The zero-order chi connectivity index (χ0) is 23.8. The van der Waals surface area contributed by atoms with Crippen molar-refractivity contribution < 1.29 is 37.4 Å². The maximum absolute atomic E-state index is 13.4. The second-order valence-electron chi connectivity index (χ2n) is 8.48. The average Bonchev–Trinajstić information content (AvgIpc) is 2.63. The summed E-state index contributed by atoms with van der Waals surface area (Å²) in [6.07, 6.45) is -3.86. The fraction of sp³-hybridized carbons (Fsp3) is 0.789. The summed E-state index contributed by atoms with van der Waals surface area (Å²) in [5.74, 6) is -1.19. The first-order valence-electron chi connectivity index (χ1n) is 10.1. The van der Waals surface area contributed by atoms with Crippen LogP contribution in [-0.2, 0) is 9.53 Å². The lowest BCUT2D eigenvalue weighted by molar-refractivity contribution is -0.143. The Morgan fingerprint density at radius 3 is 2.16 bits per heavy atom. The molecule has 31 heavy (non-hydrogen) atoms. The molecule has 1 unspecified atom stereocenters. The van der Waals surface area contributed by atoms with E-state index in [2.05, 4.69) is 15.7 Å². The third kappa shape index (κ3) is 9.88. The molecule has 178 valence electrons. The predicted molar refractivity (Wildman–Crippen MR) is 107 cm³/mol. The highest BCUT2D eigenvalue weighted by Crippen LogP contribution is 2.28. The molecule has 0 bridgehead atoms. The van der Waals surface area contributed by atoms with Crippen LogP contribution in [0.15, 0.2) is 5.10 Å². The predicted octanol–water partition coefficient (Wildman–Crippen LogP) is 3.40. The van der Waals surface area contributed by atoms with Crippen molar-refractivity contribution in [3.05, 3.63) is 0 Å². The maximum atomic E-state index is 13.4. The number of carbonyl (C=O) groups is 3. The first-order valence-corrected chi connectivity index (χ1v) is 10.1. The van der Waals surface area contributed by atoms with Gasteiger partial charge in [-0.25, -0.2) is 15.0 Å². The molecule has 0 aliphatic heterocycles. The molecule has 1 aliphatic carbocycles. The second kappa shape index (κ2) is 11.2. The normalized spacial score (nSPS) is 21.1. The molecule has 0 saturated heterocycles. The van der Waals surface area contributed by atoms with Gasteiger partial charge in [-0.1, -0.05) is 6.92 Å². The summed E-state index contributed by atoms with van der Waals surface area (Å²) in [4.78, 5) is 34.7. The summed E-state index contributed by atoms with van der Waals surface area (Å²) >= 11 is 0. The molecule has 0 radical (unpaired) electrons. The molecule has 0 aromatic heterocycles. The van der Waals surface area contributed by atoms with Crippen molar-refractivity contribution in [1.82, 2.24) is 16.1 Å². The van der Waals surface area contributed by atoms with Crippen LogP contribution >= 0.6 is 0 Å². The molecule has 1 rings (SSSR count). The molecule has 0 heterocycles. The molecule has 1 atom stereocenters. The van der Waals surface area contributed by atoms with E-state index in [1.807, 2.05) is 5.43 Å². The number of rotatable bonds is 7. The monoisotopic (exact) mass is 452 g/mol. The van der Waals surface area contributed by atoms with Crippen LogP contribution in [0.5, 0.6) is 0 Å². The summed E-state index contributed by atoms with van der Waals surface area (Å²) in [7, 11) is 0. The quantitative estimate of drug-likeness (QED) is 0.348. The number of nitrogens with zero attached hydrogens (tertiary/aromatic N) is 1. The van der Waals surface area contributed by atoms with Crippen molar-refractivity contribution in [2.75, 3.05) is 6.54 Å². The van der Waals surface area contributed by atoms with Crippen molar-refractivity contribution in [2.24, 2.45) is 16.9 Å². The Balaban J connectivity index is 2.66. The molecule has 1 saturated carbocycles. The summed E-state index contributed by atoms with van der Waals surface area (Å²) in [5.41, 5.74) is -0.428. The molecule has 0 spiro atoms. The Bertz CT molecular complexity index is 668. The van der Waals surface area contributed by atoms with Crippen LogP contribution in [0.2, 0.25) is 0 Å². The van der Waals surface area contributed by atoms with Crippen LogP contribution in [0.3, 0.4) is 0 Å². The average molecular weight is 452 g/mol. The zero-order valence-corrected chi connectivity index (χ0v) is 18.1. The summed E-state index contributed by atoms with van der Waals surface area (Å²) < 4.78 is 45.3. The first-order chi connectivity index (χ1) is 14.2. The number of amides is 3. The molecular formula is C19H31F3N4O5. The molecule has 3 amide bonds. The van der Waals surface area contributed by atoms with E-state index in [1.54, 1.807) is 20.8 Å². The summed E-state index contributed by atoms with van der Waals surface area (Å²) in [5, 5.41) is 16.7. The summed E-state index contributed by atoms with van der Waals surface area (Å²) in [6, 6.07) is -2.43. The highest BCUT2D eigenvalue weighted by molar-refractivity contribution is 5.97. The van der Waals surface area contributed by atoms with Crippen molar-refractivity contribution in [1.29, 1.82) is 0 Å². The Hall–Kier alpha value is -2.53. The number of ether oxygens (including phenoxy) is 1. The Labute approximate surface area is 179 Å². The Morgan fingerprint density at radius 2 is 1.71 bits per heavy atom. The van der Waals surface area contributed by atoms with E-state index in [9.17, 15) is 27.6 Å². The summed E-state index contributed by atoms with van der Waals surface area (Å²) in [6.45, 7) is 6.35. The van der Waals surface area contributed by atoms with E-state index in [0.29, 0.717) is 25.7 Å². The second-order valence-corrected chi connectivity index (χ2v) is 8.48. The van der Waals surface area contributed by atoms with Crippen LogP contribution in [0.1, 0.15) is 59.8 Å². The number of alkyl halides is 3. The van der Waals surface area contributed by atoms with E-state index in [-0.39, 0.29) is 18.9 Å². The van der Waals surface area contributed by atoms with E-state index >= 15 is 0 Å². The minimum atomic E-state index is -4.89. The number of hydrogen-bond donors (Lipinski definition) is 4. The third-order valence-electron chi connectivity index (χ3n) is 4.74. The number of urea groups is 1. The fourth-order valence-corrected chi connectivity index (χ4v) is 3.15. The molecule has 4 N–H and O–H groups in total. The van der Waals surface area contributed by atoms with E-state index in [1.165, 1.54) is 6.92 Å². The Morgan fingerprint density at radius 1 is 1.13 bits per heavy atom. The topological polar surface area (TPSA) is 129 Å². The number of nitrogens with one attached hydrogen (secondary N) is 3. The number of carboxylic acid groups (broad SMARTS) is 1. The van der Waals surface area contributed by atoms with E-state index in [4.69, 9.17) is 9.84 Å². The smallest absolute Gasteiger partial charge is 0.433 e. The van der Waals surface area contributed by atoms with Gasteiger partial charge in [0.15, 0.2) is 5.71 Å². The standard InChI is InChI=1S/C19H31F3N4O5/c1-5-13(24-17(30)31-18(2,3)4)14(19(20,21)22)25-26-16(29)23-10-11-6-8-12(9-7-11)15(27)28/h11-13H,5-10H2,1-4H3,(H,24,30)(H,27,28)(H2,23,26,29)/b25-14+. The maximum Gasteiger partial charge on any atom is 0.433 e. The van der Waals surface area contributed by atoms with Gasteiger partial charge in [0.05, 0.1) is 12.0 Å². The molecule has 0 aromatic carbocycles. The lowest BCUT2D eigenvalue weighted by Gasteiger charge is -2.26. The van der Waals surface area contributed by atoms with Gasteiger partial charge in [-0.05, 0) is 58.8 Å². The van der Waals surface area contributed by atoms with Gasteiger partial charge < -0.3 is 20.5 Å². The van der Waals surface area contributed by atoms with Crippen LogP contribution in [0, 0.1) is 11.8 Å². The highest BCUT2D eigenvalue weighted by Gasteiger charge is 2.42. The number of hydrogen-bond acceptors (Lipinski definition) is 5. The molecule has 12 heteroatoms. The SMILES string of the molecule is CCC(NC(=O)OC(C)(C)C)/C(=N\NC(=O)NCC1CCC(C(=O)O)CC1)C(F)(F)F. The molecule has 0 aromatic rings. The highest BCUT2D eigenvalue weighted by atomic mass is 19.4. The van der Waals surface area contributed by atoms with Crippen molar-refractivity contribution in [3.8, 4) is 0 Å². The molecule has 1 aliphatic rings. The molecule has 9 nitrogen and oxygen atoms in total. The lowest BCUT2D eigenvalue weighted by Crippen LogP contribution is -2.49. The van der Waals surface area contributed by atoms with Gasteiger partial charge in [0.2, 0.25) is 0 Å². The van der Waals surface area contributed by atoms with Crippen LogP contribution < -0.4 is 16.1 Å². The fourth-order valence-electron chi connectivity index (χ4n) is 3.15. The van der Waals surface area contributed by atoms with Crippen molar-refractivity contribution in [3.63, 3.8) is 0 Å². The van der Waals surface area contributed by atoms with E-state index in [0.717, 1.165) is 0 Å². The number of carbonyl (C=O) groups excluding carboxylic acids is 2. The van der Waals surface area contributed by atoms with Gasteiger partial charge in [0.25, 0.3) is 0 Å². The van der Waals surface area contributed by atoms with E-state index < -0.39 is 47.5 Å². The van der Waals surface area contributed by atoms with Crippen LogP contribution in [-0.4, -0.2) is 53.3 Å². The van der Waals surface area contributed by atoms with Gasteiger partial charge >= 0.3 is 24.3 Å². The van der Waals surface area contributed by atoms with Crippen LogP contribution in [0.4, 0.5) is 22.8 Å². The van der Waals surface area contributed by atoms with Crippen LogP contribution in [0.25, 0.3) is 0 Å². The molecule has 1 fully saturated rings. The number of aliphatic carboxylic acids is 1. The number of hydrazone groups is 1. The zero-order valence-electron chi connectivity index (χ0n) is 18.1. The third-order valence-corrected chi connectivity index (χ3v) is 4.74. The first kappa shape index (κ1) is 26.5. The minimum absolute atomic E-state index is 0.0460. The largest absolute Gasteiger partial charge is 0.481 e. The number of carboxylic acids is 1. The number of halogens is 3. The van der Waals surface area contributed by atoms with Crippen molar-refractivity contribution in [2.45, 2.75) is 77.6 Å². The molecular weight excluding hydrogens is 421 g/mol. The van der Waals surface area contributed by atoms with Gasteiger partial charge in [0.1, 0.15) is 5.60 Å². The van der Waals surface area contributed by atoms with Gasteiger partial charge in [-0.3, -0.25) is 4.79 Å². The Kier molecular flexibility index (Phi) is 9.57. The minimum Gasteiger partial charge on any atom is -0.481 e. The number of alkyl carbamates (subject to hydrolysis) is 1.